The van der Waals surface area contributed by atoms with Crippen LogP contribution in [0.15, 0.2) is 28.8 Å². The Morgan fingerprint density at radius 1 is 1.27 bits per heavy atom. The Kier molecular flexibility index (Phi) is 6.11. The van der Waals surface area contributed by atoms with Crippen molar-refractivity contribution < 1.29 is 27.3 Å². The van der Waals surface area contributed by atoms with Crippen LogP contribution in [0.4, 0.5) is 13.2 Å². The van der Waals surface area contributed by atoms with Crippen molar-refractivity contribution >= 4 is 23.4 Å². The largest absolute Gasteiger partial charge is 0.358 e. The second-order valence-corrected chi connectivity index (χ2v) is 7.90. The maximum absolute atomic E-state index is 13.5. The Bertz CT molecular complexity index is 1210. The summed E-state index contributed by atoms with van der Waals surface area (Å²) < 4.78 is 46.5. The Morgan fingerprint density at radius 2 is 2.03 bits per heavy atom. The molecule has 13 heteroatoms. The standard InChI is InChI=1S/C20H18ClF3N6O3/c1-25-15(31)8-26-16(32)9-30-14(17(23)24)7-13(28-30)18-27-19(29-33-18)20(4-5-20)11-3-2-10(22)6-12(11)21/h2-3,6-7,17H,4-5,8-9H2,1H3,(H,25,31)(H,26,32). The maximum atomic E-state index is 13.5. The zero-order chi connectivity index (χ0) is 23.8. The fourth-order valence-corrected chi connectivity index (χ4v) is 3.78. The van der Waals surface area contributed by atoms with E-state index in [1.165, 1.54) is 19.2 Å². The number of halogens is 4. The van der Waals surface area contributed by atoms with E-state index in [4.69, 9.17) is 16.1 Å². The number of alkyl halides is 2. The Morgan fingerprint density at radius 3 is 2.67 bits per heavy atom. The van der Waals surface area contributed by atoms with Gasteiger partial charge in [0.2, 0.25) is 11.8 Å². The van der Waals surface area contributed by atoms with Crippen LogP contribution >= 0.6 is 11.6 Å². The minimum absolute atomic E-state index is 0.0378. The monoisotopic (exact) mass is 482 g/mol. The van der Waals surface area contributed by atoms with Crippen molar-refractivity contribution in [2.24, 2.45) is 0 Å². The smallest absolute Gasteiger partial charge is 0.280 e. The molecule has 1 fully saturated rings. The van der Waals surface area contributed by atoms with E-state index < -0.39 is 41.7 Å². The van der Waals surface area contributed by atoms with Crippen molar-refractivity contribution in [3.63, 3.8) is 0 Å². The van der Waals surface area contributed by atoms with Gasteiger partial charge < -0.3 is 15.2 Å². The van der Waals surface area contributed by atoms with Crippen molar-refractivity contribution in [2.75, 3.05) is 13.6 Å². The van der Waals surface area contributed by atoms with Crippen LogP contribution in [0.2, 0.25) is 5.02 Å². The molecule has 2 amide bonds. The van der Waals surface area contributed by atoms with Crippen molar-refractivity contribution in [1.29, 1.82) is 0 Å². The van der Waals surface area contributed by atoms with E-state index in [1.807, 2.05) is 0 Å². The summed E-state index contributed by atoms with van der Waals surface area (Å²) in [7, 11) is 1.40. The van der Waals surface area contributed by atoms with Crippen LogP contribution in [-0.4, -0.2) is 45.3 Å². The quantitative estimate of drug-likeness (QED) is 0.510. The molecule has 2 aromatic heterocycles. The van der Waals surface area contributed by atoms with Gasteiger partial charge in [-0.15, -0.1) is 0 Å². The van der Waals surface area contributed by atoms with Crippen LogP contribution in [0.5, 0.6) is 0 Å². The lowest BCUT2D eigenvalue weighted by atomic mass is 9.95. The summed E-state index contributed by atoms with van der Waals surface area (Å²) in [4.78, 5) is 27.6. The first-order chi connectivity index (χ1) is 15.7. The number of likely N-dealkylation sites (N-methyl/N-ethyl adjacent to an activating group) is 1. The summed E-state index contributed by atoms with van der Waals surface area (Å²) in [6.45, 7) is -0.832. The molecule has 0 radical (unpaired) electrons. The number of benzene rings is 1. The number of hydrogen-bond donors (Lipinski definition) is 2. The molecule has 9 nitrogen and oxygen atoms in total. The molecule has 33 heavy (non-hydrogen) atoms. The van der Waals surface area contributed by atoms with Gasteiger partial charge in [0.05, 0.1) is 12.0 Å². The molecule has 1 aromatic carbocycles. The Hall–Kier alpha value is -3.41. The predicted molar refractivity (Wildman–Crippen MR) is 109 cm³/mol. The average Bonchev–Trinajstić information content (AvgIpc) is 3.21. The van der Waals surface area contributed by atoms with Crippen LogP contribution in [-0.2, 0) is 21.5 Å². The molecular formula is C20H18ClF3N6O3. The molecule has 0 bridgehead atoms. The van der Waals surface area contributed by atoms with Gasteiger partial charge in [-0.1, -0.05) is 22.8 Å². The number of rotatable bonds is 8. The zero-order valence-electron chi connectivity index (χ0n) is 17.2. The number of carbonyl (C=O) groups is 2. The Labute approximate surface area is 190 Å². The Balaban J connectivity index is 1.57. The molecule has 0 spiro atoms. The summed E-state index contributed by atoms with van der Waals surface area (Å²) in [5, 5.41) is 12.8. The molecule has 2 heterocycles. The molecule has 0 aliphatic heterocycles. The van der Waals surface area contributed by atoms with Gasteiger partial charge in [0, 0.05) is 12.1 Å². The molecule has 1 aliphatic carbocycles. The van der Waals surface area contributed by atoms with Gasteiger partial charge in [-0.05, 0) is 36.6 Å². The molecule has 0 saturated heterocycles. The lowest BCUT2D eigenvalue weighted by molar-refractivity contribution is -0.126. The van der Waals surface area contributed by atoms with E-state index in [2.05, 4.69) is 25.9 Å². The maximum Gasteiger partial charge on any atom is 0.280 e. The minimum atomic E-state index is -2.92. The van der Waals surface area contributed by atoms with E-state index in [1.54, 1.807) is 6.07 Å². The molecule has 4 rings (SSSR count). The van der Waals surface area contributed by atoms with E-state index in [9.17, 15) is 22.8 Å². The first kappa shape index (κ1) is 22.8. The molecule has 3 aromatic rings. The molecule has 0 unspecified atom stereocenters. The highest BCUT2D eigenvalue weighted by atomic mass is 35.5. The van der Waals surface area contributed by atoms with Crippen LogP contribution < -0.4 is 10.6 Å². The number of aromatic nitrogens is 4. The summed E-state index contributed by atoms with van der Waals surface area (Å²) in [6, 6.07) is 5.10. The van der Waals surface area contributed by atoms with Gasteiger partial charge >= 0.3 is 0 Å². The lowest BCUT2D eigenvalue weighted by Crippen LogP contribution is -2.37. The van der Waals surface area contributed by atoms with Crippen molar-refractivity contribution in [1.82, 2.24) is 30.6 Å². The third-order valence-corrected chi connectivity index (χ3v) is 5.64. The van der Waals surface area contributed by atoms with Crippen LogP contribution in [0, 0.1) is 5.82 Å². The lowest BCUT2D eigenvalue weighted by Gasteiger charge is -2.12. The molecule has 0 atom stereocenters. The molecule has 2 N–H and O–H groups in total. The number of carbonyl (C=O) groups excluding carboxylic acids is 2. The highest BCUT2D eigenvalue weighted by Gasteiger charge is 2.51. The SMILES string of the molecule is CNC(=O)CNC(=O)Cn1nc(-c2nc(C3(c4ccc(F)cc4Cl)CC3)no2)cc1C(F)F. The second kappa shape index (κ2) is 8.85. The molecule has 1 saturated carbocycles. The molecule has 1 aliphatic rings. The van der Waals surface area contributed by atoms with Gasteiger partial charge in [0.15, 0.2) is 11.5 Å². The molecular weight excluding hydrogens is 465 g/mol. The number of hydrogen-bond acceptors (Lipinski definition) is 6. The second-order valence-electron chi connectivity index (χ2n) is 7.49. The summed E-state index contributed by atoms with van der Waals surface area (Å²) in [5.74, 6) is -1.42. The fourth-order valence-electron chi connectivity index (χ4n) is 3.44. The van der Waals surface area contributed by atoms with Crippen molar-refractivity contribution in [3.8, 4) is 11.6 Å². The van der Waals surface area contributed by atoms with Gasteiger partial charge in [0.25, 0.3) is 12.3 Å². The summed E-state index contributed by atoms with van der Waals surface area (Å²) in [6.07, 6.45) is -1.62. The highest BCUT2D eigenvalue weighted by molar-refractivity contribution is 6.31. The summed E-state index contributed by atoms with van der Waals surface area (Å²) >= 11 is 6.20. The predicted octanol–water partition coefficient (Wildman–Crippen LogP) is 2.61. The van der Waals surface area contributed by atoms with Gasteiger partial charge in [0.1, 0.15) is 18.1 Å². The van der Waals surface area contributed by atoms with E-state index in [0.29, 0.717) is 18.4 Å². The normalized spacial score (nSPS) is 14.4. The average molecular weight is 483 g/mol. The van der Waals surface area contributed by atoms with Crippen LogP contribution in [0.3, 0.4) is 0 Å². The zero-order valence-corrected chi connectivity index (χ0v) is 18.0. The number of nitrogens with one attached hydrogen (secondary N) is 2. The van der Waals surface area contributed by atoms with Crippen LogP contribution in [0.1, 0.15) is 36.3 Å². The summed E-state index contributed by atoms with van der Waals surface area (Å²) in [5.41, 5.74) is -0.573. The third-order valence-electron chi connectivity index (χ3n) is 5.32. The minimum Gasteiger partial charge on any atom is -0.358 e. The number of nitrogens with zero attached hydrogens (tertiary/aromatic N) is 4. The fraction of sp³-hybridized carbons (Fsp3) is 0.350. The van der Waals surface area contributed by atoms with Gasteiger partial charge in [-0.25, -0.2) is 13.2 Å². The topological polar surface area (TPSA) is 115 Å². The first-order valence-corrected chi connectivity index (χ1v) is 10.2. The van der Waals surface area contributed by atoms with E-state index >= 15 is 0 Å². The van der Waals surface area contributed by atoms with E-state index in [-0.39, 0.29) is 29.0 Å². The van der Waals surface area contributed by atoms with Crippen molar-refractivity contribution in [2.45, 2.75) is 31.2 Å². The first-order valence-electron chi connectivity index (χ1n) is 9.87. The van der Waals surface area contributed by atoms with Gasteiger partial charge in [-0.2, -0.15) is 10.1 Å². The molecule has 174 valence electrons. The van der Waals surface area contributed by atoms with Gasteiger partial charge in [-0.3, -0.25) is 14.3 Å². The number of amides is 2. The van der Waals surface area contributed by atoms with E-state index in [0.717, 1.165) is 10.7 Å². The highest BCUT2D eigenvalue weighted by Crippen LogP contribution is 2.54. The third kappa shape index (κ3) is 4.56. The van der Waals surface area contributed by atoms with Crippen molar-refractivity contribution in [3.05, 3.63) is 52.2 Å². The van der Waals surface area contributed by atoms with Crippen LogP contribution in [0.25, 0.3) is 11.6 Å².